The Kier molecular flexibility index (Phi) is 5.87. The van der Waals surface area contributed by atoms with Gasteiger partial charge >= 0.3 is 5.97 Å². The first-order chi connectivity index (χ1) is 13.1. The molecule has 0 heterocycles. The minimum atomic E-state index is -0.863. The van der Waals surface area contributed by atoms with E-state index in [2.05, 4.69) is 12.2 Å². The van der Waals surface area contributed by atoms with Gasteiger partial charge in [-0.2, -0.15) is 0 Å². The van der Waals surface area contributed by atoms with Crippen LogP contribution in [0.5, 0.6) is 0 Å². The molecule has 0 saturated carbocycles. The molecule has 0 radical (unpaired) electrons. The number of hydrogen-bond acceptors (Lipinski definition) is 3. The molecule has 0 spiro atoms. The summed E-state index contributed by atoms with van der Waals surface area (Å²) in [5.41, 5.74) is 2.78. The molecule has 0 aliphatic heterocycles. The van der Waals surface area contributed by atoms with Gasteiger partial charge in [0.15, 0.2) is 6.10 Å². The molecule has 0 aliphatic carbocycles. The molecule has 1 N–H and O–H groups in total. The fraction of sp³-hybridized carbons (Fsp3) is 0.217. The van der Waals surface area contributed by atoms with Gasteiger partial charge in [0.25, 0.3) is 5.91 Å². The number of esters is 1. The molecule has 0 aromatic heterocycles. The van der Waals surface area contributed by atoms with Crippen molar-refractivity contribution in [3.05, 3.63) is 77.9 Å². The second-order valence-corrected chi connectivity index (χ2v) is 6.49. The third-order valence-corrected chi connectivity index (χ3v) is 4.52. The molecule has 0 unspecified atom stereocenters. The Morgan fingerprint density at radius 2 is 1.67 bits per heavy atom. The largest absolute Gasteiger partial charge is 0.452 e. The lowest BCUT2D eigenvalue weighted by molar-refractivity contribution is -0.152. The normalized spacial score (nSPS) is 11.8. The lowest BCUT2D eigenvalue weighted by atomic mass is 10.0. The SMILES string of the molecule is CCc1ccc(NC(=O)[C@H](C)OC(=O)Cc2cccc3ccccc23)cc1. The predicted octanol–water partition coefficient (Wildman–Crippen LogP) is 4.52. The van der Waals surface area contributed by atoms with E-state index in [-0.39, 0.29) is 12.3 Å². The first kappa shape index (κ1) is 18.6. The summed E-state index contributed by atoms with van der Waals surface area (Å²) in [6, 6.07) is 21.3. The monoisotopic (exact) mass is 361 g/mol. The second kappa shape index (κ2) is 8.49. The highest BCUT2D eigenvalue weighted by atomic mass is 16.5. The molecule has 138 valence electrons. The molecular weight excluding hydrogens is 338 g/mol. The van der Waals surface area contributed by atoms with Gasteiger partial charge in [-0.3, -0.25) is 9.59 Å². The molecule has 1 atom stereocenters. The minimum absolute atomic E-state index is 0.129. The molecule has 4 heteroatoms. The number of hydrogen-bond donors (Lipinski definition) is 1. The van der Waals surface area contributed by atoms with Gasteiger partial charge in [-0.25, -0.2) is 0 Å². The topological polar surface area (TPSA) is 55.4 Å². The molecular formula is C23H23NO3. The van der Waals surface area contributed by atoms with Crippen LogP contribution in [0.3, 0.4) is 0 Å². The summed E-state index contributed by atoms with van der Waals surface area (Å²) in [6.07, 6.45) is 0.207. The highest BCUT2D eigenvalue weighted by Gasteiger charge is 2.18. The zero-order chi connectivity index (χ0) is 19.2. The van der Waals surface area contributed by atoms with Gasteiger partial charge in [0.2, 0.25) is 0 Å². The summed E-state index contributed by atoms with van der Waals surface area (Å²) in [5, 5.41) is 4.87. The number of amides is 1. The molecule has 3 aromatic carbocycles. The van der Waals surface area contributed by atoms with Crippen LogP contribution in [0, 0.1) is 0 Å². The Bertz CT molecular complexity index is 942. The highest BCUT2D eigenvalue weighted by molar-refractivity contribution is 5.95. The van der Waals surface area contributed by atoms with Crippen molar-refractivity contribution in [1.82, 2.24) is 0 Å². The number of fused-ring (bicyclic) bond motifs is 1. The van der Waals surface area contributed by atoms with E-state index in [1.54, 1.807) is 6.92 Å². The van der Waals surface area contributed by atoms with Gasteiger partial charge in [-0.15, -0.1) is 0 Å². The maximum Gasteiger partial charge on any atom is 0.311 e. The summed E-state index contributed by atoms with van der Waals surface area (Å²) in [6.45, 7) is 3.65. The van der Waals surface area contributed by atoms with Crippen LogP contribution in [0.25, 0.3) is 10.8 Å². The van der Waals surface area contributed by atoms with E-state index < -0.39 is 12.1 Å². The molecule has 0 aliphatic rings. The molecule has 3 aromatic rings. The van der Waals surface area contributed by atoms with Crippen molar-refractivity contribution in [1.29, 1.82) is 0 Å². The number of nitrogens with one attached hydrogen (secondary N) is 1. The molecule has 1 amide bonds. The Morgan fingerprint density at radius 3 is 2.41 bits per heavy atom. The van der Waals surface area contributed by atoms with Crippen LogP contribution in [0.4, 0.5) is 5.69 Å². The van der Waals surface area contributed by atoms with Gasteiger partial charge in [0.1, 0.15) is 0 Å². The third-order valence-electron chi connectivity index (χ3n) is 4.52. The number of carbonyl (C=O) groups is 2. The Balaban J connectivity index is 1.60. The van der Waals surface area contributed by atoms with Crippen LogP contribution >= 0.6 is 0 Å². The van der Waals surface area contributed by atoms with Crippen molar-refractivity contribution in [3.8, 4) is 0 Å². The second-order valence-electron chi connectivity index (χ2n) is 6.49. The smallest absolute Gasteiger partial charge is 0.311 e. The van der Waals surface area contributed by atoms with E-state index in [0.717, 1.165) is 22.8 Å². The standard InChI is InChI=1S/C23H23NO3/c1-3-17-11-13-20(14-12-17)24-23(26)16(2)27-22(25)15-19-9-6-8-18-7-4-5-10-21(18)19/h4-14,16H,3,15H2,1-2H3,(H,24,26)/t16-/m0/s1. The van der Waals surface area contributed by atoms with Gasteiger partial charge in [0.05, 0.1) is 6.42 Å². The summed E-state index contributed by atoms with van der Waals surface area (Å²) < 4.78 is 5.33. The molecule has 0 bridgehead atoms. The van der Waals surface area contributed by atoms with E-state index >= 15 is 0 Å². The number of carbonyl (C=O) groups excluding carboxylic acids is 2. The van der Waals surface area contributed by atoms with E-state index in [4.69, 9.17) is 4.74 Å². The van der Waals surface area contributed by atoms with Crippen LogP contribution < -0.4 is 5.32 Å². The number of rotatable bonds is 6. The lowest BCUT2D eigenvalue weighted by Crippen LogP contribution is -2.30. The first-order valence-corrected chi connectivity index (χ1v) is 9.12. The number of aryl methyl sites for hydroxylation is 1. The zero-order valence-corrected chi connectivity index (χ0v) is 15.6. The van der Waals surface area contributed by atoms with E-state index in [9.17, 15) is 9.59 Å². The molecule has 0 fully saturated rings. The van der Waals surface area contributed by atoms with Crippen LogP contribution in [-0.2, 0) is 27.2 Å². The summed E-state index contributed by atoms with van der Waals surface area (Å²) >= 11 is 0. The summed E-state index contributed by atoms with van der Waals surface area (Å²) in [7, 11) is 0. The Morgan fingerprint density at radius 1 is 0.963 bits per heavy atom. The highest BCUT2D eigenvalue weighted by Crippen LogP contribution is 2.19. The first-order valence-electron chi connectivity index (χ1n) is 9.12. The maximum atomic E-state index is 12.3. The van der Waals surface area contributed by atoms with Crippen molar-refractivity contribution in [2.24, 2.45) is 0 Å². The summed E-state index contributed by atoms with van der Waals surface area (Å²) in [5.74, 6) is -0.763. The molecule has 4 nitrogen and oxygen atoms in total. The number of benzene rings is 3. The van der Waals surface area contributed by atoms with Gasteiger partial charge in [0, 0.05) is 5.69 Å². The number of ether oxygens (including phenoxy) is 1. The summed E-state index contributed by atoms with van der Waals surface area (Å²) in [4.78, 5) is 24.6. The predicted molar refractivity (Wildman–Crippen MR) is 108 cm³/mol. The fourth-order valence-corrected chi connectivity index (χ4v) is 2.96. The van der Waals surface area contributed by atoms with E-state index in [1.165, 1.54) is 5.56 Å². The van der Waals surface area contributed by atoms with Crippen molar-refractivity contribution in [2.75, 3.05) is 5.32 Å². The average molecular weight is 361 g/mol. The van der Waals surface area contributed by atoms with Crippen LogP contribution in [0.2, 0.25) is 0 Å². The van der Waals surface area contributed by atoms with Gasteiger partial charge < -0.3 is 10.1 Å². The fourth-order valence-electron chi connectivity index (χ4n) is 2.96. The van der Waals surface area contributed by atoms with E-state index in [0.29, 0.717) is 5.69 Å². The van der Waals surface area contributed by atoms with Crippen molar-refractivity contribution < 1.29 is 14.3 Å². The van der Waals surface area contributed by atoms with Gasteiger partial charge in [-0.05, 0) is 47.4 Å². The minimum Gasteiger partial charge on any atom is -0.452 e. The zero-order valence-electron chi connectivity index (χ0n) is 15.6. The number of anilines is 1. The van der Waals surface area contributed by atoms with Crippen LogP contribution in [0.1, 0.15) is 25.0 Å². The maximum absolute atomic E-state index is 12.3. The van der Waals surface area contributed by atoms with Crippen molar-refractivity contribution in [2.45, 2.75) is 32.8 Å². The average Bonchev–Trinajstić information content (AvgIpc) is 2.68. The molecule has 0 saturated heterocycles. The lowest BCUT2D eigenvalue weighted by Gasteiger charge is -2.14. The third kappa shape index (κ3) is 4.73. The Hall–Kier alpha value is -3.14. The van der Waals surface area contributed by atoms with Crippen LogP contribution in [0.15, 0.2) is 66.7 Å². The molecule has 27 heavy (non-hydrogen) atoms. The van der Waals surface area contributed by atoms with Crippen molar-refractivity contribution >= 4 is 28.3 Å². The van der Waals surface area contributed by atoms with Crippen molar-refractivity contribution in [3.63, 3.8) is 0 Å². The van der Waals surface area contributed by atoms with Crippen LogP contribution in [-0.4, -0.2) is 18.0 Å². The molecule has 3 rings (SSSR count). The quantitative estimate of drug-likeness (QED) is 0.657. The van der Waals surface area contributed by atoms with Gasteiger partial charge in [-0.1, -0.05) is 61.5 Å². The van der Waals surface area contributed by atoms with E-state index in [1.807, 2.05) is 66.7 Å². The Labute approximate surface area is 159 Å².